The van der Waals surface area contributed by atoms with Gasteiger partial charge in [-0.1, -0.05) is 36.4 Å². The van der Waals surface area contributed by atoms with Crippen molar-refractivity contribution < 1.29 is 4.42 Å². The zero-order valence-corrected chi connectivity index (χ0v) is 10.9. The van der Waals surface area contributed by atoms with E-state index in [0.717, 1.165) is 17.0 Å². The van der Waals surface area contributed by atoms with Crippen LogP contribution in [0.4, 0.5) is 0 Å². The first-order valence-corrected chi connectivity index (χ1v) is 6.46. The van der Waals surface area contributed by atoms with Gasteiger partial charge in [-0.05, 0) is 29.8 Å². The molecule has 0 aliphatic heterocycles. The minimum atomic E-state index is -0.145. The Bertz CT molecular complexity index is 661. The standard InChI is InChI=1S/C17H14N2O/c1-2-7-14(8-3-1)17(16-10-6-12-20-16)19-13-15-9-4-5-11-18-15/h1-13,17H. The Balaban J connectivity index is 1.93. The van der Waals surface area contributed by atoms with Gasteiger partial charge in [0, 0.05) is 12.4 Å². The van der Waals surface area contributed by atoms with Gasteiger partial charge in [0.05, 0.1) is 12.0 Å². The lowest BCUT2D eigenvalue weighted by Gasteiger charge is -2.09. The predicted octanol–water partition coefficient (Wildman–Crippen LogP) is 3.88. The Morgan fingerprint density at radius 1 is 0.950 bits per heavy atom. The van der Waals surface area contributed by atoms with E-state index in [9.17, 15) is 0 Å². The molecule has 0 radical (unpaired) electrons. The molecule has 0 fully saturated rings. The molecular weight excluding hydrogens is 248 g/mol. The van der Waals surface area contributed by atoms with Crippen molar-refractivity contribution in [2.75, 3.05) is 0 Å². The lowest BCUT2D eigenvalue weighted by atomic mass is 10.1. The summed E-state index contributed by atoms with van der Waals surface area (Å²) in [7, 11) is 0. The number of hydrogen-bond donors (Lipinski definition) is 0. The fraction of sp³-hybridized carbons (Fsp3) is 0.0588. The van der Waals surface area contributed by atoms with Crippen LogP contribution in [0, 0.1) is 0 Å². The van der Waals surface area contributed by atoms with Crippen molar-refractivity contribution in [2.24, 2.45) is 4.99 Å². The molecule has 3 rings (SSSR count). The summed E-state index contributed by atoms with van der Waals surface area (Å²) < 4.78 is 5.50. The minimum absolute atomic E-state index is 0.145. The summed E-state index contributed by atoms with van der Waals surface area (Å²) in [6.45, 7) is 0. The summed E-state index contributed by atoms with van der Waals surface area (Å²) in [6.07, 6.45) is 5.20. The minimum Gasteiger partial charge on any atom is -0.467 e. The predicted molar refractivity (Wildman–Crippen MR) is 78.8 cm³/mol. The van der Waals surface area contributed by atoms with Gasteiger partial charge >= 0.3 is 0 Å². The van der Waals surface area contributed by atoms with Crippen molar-refractivity contribution in [1.29, 1.82) is 0 Å². The van der Waals surface area contributed by atoms with Crippen LogP contribution in [-0.2, 0) is 0 Å². The van der Waals surface area contributed by atoms with E-state index >= 15 is 0 Å². The maximum absolute atomic E-state index is 5.50. The van der Waals surface area contributed by atoms with Crippen molar-refractivity contribution in [3.63, 3.8) is 0 Å². The number of benzene rings is 1. The van der Waals surface area contributed by atoms with Gasteiger partial charge in [-0.25, -0.2) is 0 Å². The summed E-state index contributed by atoms with van der Waals surface area (Å²) in [5, 5.41) is 0. The van der Waals surface area contributed by atoms with Crippen LogP contribution in [0.15, 0.2) is 82.5 Å². The molecule has 0 aliphatic rings. The fourth-order valence-electron chi connectivity index (χ4n) is 2.01. The molecule has 1 atom stereocenters. The molecule has 3 aromatic rings. The summed E-state index contributed by atoms with van der Waals surface area (Å²) in [4.78, 5) is 8.87. The molecule has 0 bridgehead atoms. The number of furan rings is 1. The van der Waals surface area contributed by atoms with Gasteiger partial charge in [0.2, 0.25) is 0 Å². The second kappa shape index (κ2) is 5.97. The highest BCUT2D eigenvalue weighted by Gasteiger charge is 2.14. The van der Waals surface area contributed by atoms with Gasteiger partial charge in [0.25, 0.3) is 0 Å². The Morgan fingerprint density at radius 2 is 1.80 bits per heavy atom. The van der Waals surface area contributed by atoms with E-state index < -0.39 is 0 Å². The van der Waals surface area contributed by atoms with E-state index in [1.807, 2.05) is 60.7 Å². The number of aromatic nitrogens is 1. The number of nitrogens with zero attached hydrogens (tertiary/aromatic N) is 2. The Kier molecular flexibility index (Phi) is 3.69. The van der Waals surface area contributed by atoms with Gasteiger partial charge in [0.15, 0.2) is 0 Å². The number of aliphatic imine (C=N–C) groups is 1. The van der Waals surface area contributed by atoms with Crippen molar-refractivity contribution in [3.8, 4) is 0 Å². The molecule has 2 heterocycles. The molecule has 0 saturated heterocycles. The topological polar surface area (TPSA) is 38.4 Å². The molecule has 3 nitrogen and oxygen atoms in total. The SMILES string of the molecule is C(=NC(c1ccccc1)c1ccco1)c1ccccn1. The molecule has 0 N–H and O–H groups in total. The van der Waals surface area contributed by atoms with Crippen LogP contribution in [-0.4, -0.2) is 11.2 Å². The molecule has 0 spiro atoms. The van der Waals surface area contributed by atoms with Crippen LogP contribution in [0.5, 0.6) is 0 Å². The third-order valence-corrected chi connectivity index (χ3v) is 2.97. The highest BCUT2D eigenvalue weighted by molar-refractivity contribution is 5.77. The highest BCUT2D eigenvalue weighted by Crippen LogP contribution is 2.26. The smallest absolute Gasteiger partial charge is 0.133 e. The molecule has 98 valence electrons. The molecule has 0 saturated carbocycles. The van der Waals surface area contributed by atoms with Gasteiger partial charge in [-0.15, -0.1) is 0 Å². The Labute approximate surface area is 117 Å². The van der Waals surface area contributed by atoms with Gasteiger partial charge in [-0.3, -0.25) is 9.98 Å². The normalized spacial score (nSPS) is 12.6. The summed E-state index contributed by atoms with van der Waals surface area (Å²) in [5.74, 6) is 0.823. The third kappa shape index (κ3) is 2.83. The summed E-state index contributed by atoms with van der Waals surface area (Å²) in [5.41, 5.74) is 1.93. The first kappa shape index (κ1) is 12.4. The summed E-state index contributed by atoms with van der Waals surface area (Å²) >= 11 is 0. The van der Waals surface area contributed by atoms with Crippen LogP contribution in [0.2, 0.25) is 0 Å². The van der Waals surface area contributed by atoms with Crippen LogP contribution in [0.1, 0.15) is 23.1 Å². The first-order chi connectivity index (χ1) is 9.93. The zero-order chi connectivity index (χ0) is 13.6. The van der Waals surface area contributed by atoms with E-state index in [2.05, 4.69) is 9.98 Å². The highest BCUT2D eigenvalue weighted by atomic mass is 16.3. The second-order valence-corrected chi connectivity index (χ2v) is 4.36. The molecule has 2 aromatic heterocycles. The maximum atomic E-state index is 5.50. The van der Waals surface area contributed by atoms with Gasteiger partial charge < -0.3 is 4.42 Å². The lowest BCUT2D eigenvalue weighted by molar-refractivity contribution is 0.491. The van der Waals surface area contributed by atoms with E-state index in [1.165, 1.54) is 0 Å². The Hall–Kier alpha value is -2.68. The van der Waals surface area contributed by atoms with Crippen molar-refractivity contribution >= 4 is 6.21 Å². The van der Waals surface area contributed by atoms with Crippen LogP contribution < -0.4 is 0 Å². The van der Waals surface area contributed by atoms with Gasteiger partial charge in [0.1, 0.15) is 11.8 Å². The second-order valence-electron chi connectivity index (χ2n) is 4.36. The van der Waals surface area contributed by atoms with Crippen molar-refractivity contribution in [3.05, 3.63) is 90.1 Å². The van der Waals surface area contributed by atoms with Crippen LogP contribution in [0.25, 0.3) is 0 Å². The van der Waals surface area contributed by atoms with E-state index in [-0.39, 0.29) is 6.04 Å². The number of rotatable bonds is 4. The summed E-state index contributed by atoms with van der Waals surface area (Å²) in [6, 6.07) is 19.5. The quantitative estimate of drug-likeness (QED) is 0.669. The third-order valence-electron chi connectivity index (χ3n) is 2.97. The molecular formula is C17H14N2O. The Morgan fingerprint density at radius 3 is 2.50 bits per heavy atom. The first-order valence-electron chi connectivity index (χ1n) is 6.46. The molecule has 1 aromatic carbocycles. The van der Waals surface area contributed by atoms with Crippen LogP contribution >= 0.6 is 0 Å². The lowest BCUT2D eigenvalue weighted by Crippen LogP contribution is -1.98. The van der Waals surface area contributed by atoms with E-state index in [4.69, 9.17) is 4.42 Å². The largest absolute Gasteiger partial charge is 0.467 e. The van der Waals surface area contributed by atoms with Crippen molar-refractivity contribution in [2.45, 2.75) is 6.04 Å². The van der Waals surface area contributed by atoms with Crippen molar-refractivity contribution in [1.82, 2.24) is 4.98 Å². The van der Waals surface area contributed by atoms with Crippen LogP contribution in [0.3, 0.4) is 0 Å². The van der Waals surface area contributed by atoms with E-state index in [0.29, 0.717) is 0 Å². The van der Waals surface area contributed by atoms with Gasteiger partial charge in [-0.2, -0.15) is 0 Å². The molecule has 1 unspecified atom stereocenters. The fourth-order valence-corrected chi connectivity index (χ4v) is 2.01. The molecule has 0 aliphatic carbocycles. The number of pyridine rings is 1. The average molecular weight is 262 g/mol. The average Bonchev–Trinajstić information content (AvgIpc) is 3.04. The molecule has 20 heavy (non-hydrogen) atoms. The molecule has 0 amide bonds. The monoisotopic (exact) mass is 262 g/mol. The zero-order valence-electron chi connectivity index (χ0n) is 10.9. The number of hydrogen-bond acceptors (Lipinski definition) is 3. The van der Waals surface area contributed by atoms with E-state index in [1.54, 1.807) is 18.7 Å². The maximum Gasteiger partial charge on any atom is 0.133 e. The molecule has 3 heteroatoms.